The van der Waals surface area contributed by atoms with Gasteiger partial charge in [0.2, 0.25) is 12.1 Å². The first-order valence-electron chi connectivity index (χ1n) is 19.4. The summed E-state index contributed by atoms with van der Waals surface area (Å²) in [4.78, 5) is 63.6. The van der Waals surface area contributed by atoms with Crippen LogP contribution < -0.4 is 4.74 Å². The van der Waals surface area contributed by atoms with Crippen LogP contribution in [0.3, 0.4) is 0 Å². The van der Waals surface area contributed by atoms with Gasteiger partial charge in [-0.3, -0.25) is 9.59 Å². The van der Waals surface area contributed by atoms with Crippen molar-refractivity contribution in [2.75, 3.05) is 26.9 Å². The minimum atomic E-state index is -2.68. The Labute approximate surface area is 365 Å². The number of ether oxygens (including phenoxy) is 9. The summed E-state index contributed by atoms with van der Waals surface area (Å²) in [6, 6.07) is 15.6. The smallest absolute Gasteiger partial charge is 0.331 e. The molecule has 3 aromatic rings. The molecule has 2 fully saturated rings. The average molecular weight is 895 g/mol. The summed E-state index contributed by atoms with van der Waals surface area (Å²) in [5.74, 6) is -7.73. The molecule has 20 heteroatoms. The Kier molecular flexibility index (Phi) is 16.6. The first-order chi connectivity index (χ1) is 30.5. The number of aliphatic hydroxyl groups is 3. The van der Waals surface area contributed by atoms with Gasteiger partial charge in [0.05, 0.1) is 7.11 Å². The first kappa shape index (κ1) is 48.2. The second-order valence-electron chi connectivity index (χ2n) is 14.2. The molecule has 0 radical (unpaired) electrons. The monoisotopic (exact) mass is 894 g/mol. The molecule has 0 amide bonds. The largest absolute Gasteiger partial charge is 0.508 e. The molecule has 0 saturated carbocycles. The van der Waals surface area contributed by atoms with Crippen LogP contribution in [0, 0.1) is 0 Å². The Hall–Kier alpha value is -6.81. The summed E-state index contributed by atoms with van der Waals surface area (Å²) in [7, 11) is 1.34. The number of rotatable bonds is 17. The van der Waals surface area contributed by atoms with Crippen LogP contribution in [0.4, 0.5) is 0 Å². The van der Waals surface area contributed by atoms with Crippen LogP contribution in [0.2, 0.25) is 0 Å². The molecular weight excluding hydrogens is 848 g/mol. The Morgan fingerprint density at radius 3 is 1.77 bits per heavy atom. The fourth-order valence-corrected chi connectivity index (χ4v) is 6.29. The quantitative estimate of drug-likeness (QED) is 0.0638. The lowest BCUT2D eigenvalue weighted by atomic mass is 9.98. The van der Waals surface area contributed by atoms with Crippen molar-refractivity contribution < 1.29 is 97.2 Å². The highest BCUT2D eigenvalue weighted by Gasteiger charge is 2.62. The summed E-state index contributed by atoms with van der Waals surface area (Å²) in [6.07, 6.45) is -8.07. The fourth-order valence-electron chi connectivity index (χ4n) is 6.29. The highest BCUT2D eigenvalue weighted by atomic mass is 16.8. The third-order valence-electron chi connectivity index (χ3n) is 9.46. The van der Waals surface area contributed by atoms with Gasteiger partial charge in [-0.05, 0) is 71.3 Å². The number of hydrogen-bond donors (Lipinski definition) is 6. The number of carbonyl (C=O) groups excluding carboxylic acids is 5. The van der Waals surface area contributed by atoms with Crippen molar-refractivity contribution >= 4 is 48.1 Å². The average Bonchev–Trinajstić information content (AvgIpc) is 3.51. The molecule has 2 saturated heterocycles. The number of carbonyl (C=O) groups is 5. The Balaban J connectivity index is 1.51. The molecule has 0 spiro atoms. The zero-order valence-corrected chi connectivity index (χ0v) is 34.5. The summed E-state index contributed by atoms with van der Waals surface area (Å²) in [5.41, 5.74) is 1.33. The summed E-state index contributed by atoms with van der Waals surface area (Å²) in [5, 5.41) is 63.0. The lowest BCUT2D eigenvalue weighted by Crippen LogP contribution is -2.64. The number of phenols is 3. The van der Waals surface area contributed by atoms with E-state index in [0.717, 1.165) is 32.1 Å². The van der Waals surface area contributed by atoms with E-state index in [1.807, 2.05) is 0 Å². The highest BCUT2D eigenvalue weighted by molar-refractivity contribution is 5.88. The zero-order valence-electron chi connectivity index (χ0n) is 34.5. The molecular formula is C44H46O20. The summed E-state index contributed by atoms with van der Waals surface area (Å²) >= 11 is 0. The van der Waals surface area contributed by atoms with Crippen molar-refractivity contribution in [3.8, 4) is 23.0 Å². The molecule has 6 N–H and O–H groups in total. The second kappa shape index (κ2) is 22.0. The van der Waals surface area contributed by atoms with Gasteiger partial charge in [-0.2, -0.15) is 0 Å². The van der Waals surface area contributed by atoms with E-state index in [1.54, 1.807) is 0 Å². The number of esters is 5. The third kappa shape index (κ3) is 13.1. The van der Waals surface area contributed by atoms with Crippen LogP contribution in [0.5, 0.6) is 23.0 Å². The van der Waals surface area contributed by atoms with Crippen LogP contribution in [0.25, 0.3) is 18.2 Å². The molecule has 5 rings (SSSR count). The van der Waals surface area contributed by atoms with Crippen molar-refractivity contribution in [3.05, 3.63) is 102 Å². The molecule has 0 aliphatic carbocycles. The summed E-state index contributed by atoms with van der Waals surface area (Å²) in [6.45, 7) is -0.448. The van der Waals surface area contributed by atoms with Gasteiger partial charge in [0.1, 0.15) is 61.8 Å². The van der Waals surface area contributed by atoms with E-state index in [0.29, 0.717) is 16.7 Å². The normalized spacial score (nSPS) is 25.5. The zero-order chi connectivity index (χ0) is 46.6. The maximum Gasteiger partial charge on any atom is 0.331 e. The van der Waals surface area contributed by atoms with Gasteiger partial charge in [-0.25, -0.2) is 14.4 Å². The van der Waals surface area contributed by atoms with Gasteiger partial charge in [0.15, 0.2) is 23.7 Å². The molecule has 0 bridgehead atoms. The van der Waals surface area contributed by atoms with Gasteiger partial charge in [-0.15, -0.1) is 0 Å². The van der Waals surface area contributed by atoms with Crippen LogP contribution in [0.15, 0.2) is 85.0 Å². The Morgan fingerprint density at radius 2 is 1.19 bits per heavy atom. The standard InChI is InChI=1S/C44H46O20/c1-24(45)57-21-33-38(53)40(55)41(60-25(2)46)43(61-33)64-44(23-59-36(51)17-9-26-4-12-29(47)13-5-26)42(62-37(52)19-10-27-6-14-30(48)15-7-27)39(54)34(63-44)22-58-35(50)18-11-28-8-16-31(49)32(20-28)56-3/h4-20,33-34,38-43,47-49,53-55H,21-23H2,1-3H3/t33-,34-,38-,39-,40+,41-,42+,43-,44+/m1/s1. The van der Waals surface area contributed by atoms with E-state index < -0.39 is 104 Å². The van der Waals surface area contributed by atoms with Crippen molar-refractivity contribution in [2.45, 2.75) is 68.7 Å². The molecule has 9 atom stereocenters. The third-order valence-corrected chi connectivity index (χ3v) is 9.46. The van der Waals surface area contributed by atoms with E-state index in [2.05, 4.69) is 0 Å². The van der Waals surface area contributed by atoms with Gasteiger partial charge in [0, 0.05) is 32.1 Å². The molecule has 64 heavy (non-hydrogen) atoms. The predicted octanol–water partition coefficient (Wildman–Crippen LogP) is 1.66. The number of hydrogen-bond acceptors (Lipinski definition) is 20. The van der Waals surface area contributed by atoms with Crippen molar-refractivity contribution in [1.29, 1.82) is 0 Å². The van der Waals surface area contributed by atoms with Crippen LogP contribution in [-0.2, 0) is 61.9 Å². The van der Waals surface area contributed by atoms with Gasteiger partial charge >= 0.3 is 29.8 Å². The van der Waals surface area contributed by atoms with Crippen molar-refractivity contribution in [2.24, 2.45) is 0 Å². The van der Waals surface area contributed by atoms with Crippen LogP contribution in [0.1, 0.15) is 30.5 Å². The molecule has 2 aliphatic heterocycles. The molecule has 2 heterocycles. The lowest BCUT2D eigenvalue weighted by molar-refractivity contribution is -0.383. The fraction of sp³-hybridized carbons (Fsp3) is 0.341. The number of benzene rings is 3. The second-order valence-corrected chi connectivity index (χ2v) is 14.2. The van der Waals surface area contributed by atoms with Gasteiger partial charge in [-0.1, -0.05) is 30.3 Å². The maximum absolute atomic E-state index is 13.5. The number of methoxy groups -OCH3 is 1. The Morgan fingerprint density at radius 1 is 0.641 bits per heavy atom. The number of aromatic hydroxyl groups is 3. The predicted molar refractivity (Wildman–Crippen MR) is 217 cm³/mol. The van der Waals surface area contributed by atoms with Crippen molar-refractivity contribution in [1.82, 2.24) is 0 Å². The molecule has 342 valence electrons. The Bertz CT molecular complexity index is 2200. The SMILES string of the molecule is COc1cc(C=CC(=O)OC[C@H]2O[C@@](COC(=O)C=Cc3ccc(O)cc3)(O[C@H]3O[C@H](COC(C)=O)[C@@H](O)[C@H](O)[C@H]3OC(C)=O)[C@@H](OC(=O)C=Cc3ccc(O)cc3)[C@@H]2O)ccc1O. The van der Waals surface area contributed by atoms with Gasteiger partial charge in [0.25, 0.3) is 0 Å². The first-order valence-corrected chi connectivity index (χ1v) is 19.4. The lowest BCUT2D eigenvalue weighted by Gasteiger charge is -2.44. The molecule has 20 nitrogen and oxygen atoms in total. The minimum absolute atomic E-state index is 0.0340. The summed E-state index contributed by atoms with van der Waals surface area (Å²) < 4.78 is 50.2. The van der Waals surface area contributed by atoms with Crippen LogP contribution >= 0.6 is 0 Å². The van der Waals surface area contributed by atoms with Gasteiger partial charge < -0.3 is 73.3 Å². The molecule has 0 aromatic heterocycles. The topological polar surface area (TPSA) is 290 Å². The van der Waals surface area contributed by atoms with E-state index in [-0.39, 0.29) is 23.0 Å². The molecule has 2 aliphatic rings. The van der Waals surface area contributed by atoms with E-state index in [4.69, 9.17) is 42.6 Å². The number of aliphatic hydroxyl groups excluding tert-OH is 3. The molecule has 0 unspecified atom stereocenters. The van der Waals surface area contributed by atoms with Crippen molar-refractivity contribution in [3.63, 3.8) is 0 Å². The maximum atomic E-state index is 13.5. The van der Waals surface area contributed by atoms with E-state index in [1.165, 1.54) is 92.1 Å². The number of phenolic OH excluding ortho intramolecular Hbond substituents is 3. The van der Waals surface area contributed by atoms with Crippen LogP contribution in [-0.4, -0.2) is 142 Å². The van der Waals surface area contributed by atoms with E-state index in [9.17, 15) is 54.6 Å². The highest BCUT2D eigenvalue weighted by Crippen LogP contribution is 2.40. The minimum Gasteiger partial charge on any atom is -0.508 e. The van der Waals surface area contributed by atoms with E-state index >= 15 is 0 Å². The molecule has 3 aromatic carbocycles.